The fraction of sp³-hybridized carbons (Fsp3) is 0.364. The molecule has 0 aliphatic heterocycles. The fourth-order valence-electron chi connectivity index (χ4n) is 1.14. The highest BCUT2D eigenvalue weighted by atomic mass is 79.9. The molecule has 1 atom stereocenters. The van der Waals surface area contributed by atoms with E-state index in [1.54, 1.807) is 0 Å². The number of methoxy groups -OCH3 is 1. The predicted octanol–water partition coefficient (Wildman–Crippen LogP) is 2.35. The van der Waals surface area contributed by atoms with Crippen molar-refractivity contribution < 1.29 is 13.9 Å². The Morgan fingerprint density at radius 1 is 1.62 bits per heavy atom. The minimum atomic E-state index is -0.479. The molecule has 0 heterocycles. The van der Waals surface area contributed by atoms with Crippen molar-refractivity contribution in [2.45, 2.75) is 11.8 Å². The summed E-state index contributed by atoms with van der Waals surface area (Å²) in [6.07, 6.45) is 0. The summed E-state index contributed by atoms with van der Waals surface area (Å²) in [6.45, 7) is 2.43. The van der Waals surface area contributed by atoms with Crippen LogP contribution in [0.5, 0.6) is 5.75 Å². The summed E-state index contributed by atoms with van der Waals surface area (Å²) in [4.78, 5) is 11.8. The van der Waals surface area contributed by atoms with Crippen molar-refractivity contribution in [1.82, 2.24) is 5.32 Å². The van der Waals surface area contributed by atoms with Crippen LogP contribution in [-0.4, -0.2) is 24.4 Å². The Morgan fingerprint density at radius 2 is 2.31 bits per heavy atom. The second-order valence-electron chi connectivity index (χ2n) is 3.34. The lowest BCUT2D eigenvalue weighted by Crippen LogP contribution is -2.28. The second kappa shape index (κ2) is 5.84. The first-order chi connectivity index (χ1) is 7.54. The van der Waals surface area contributed by atoms with Crippen LogP contribution in [0.2, 0.25) is 0 Å². The third kappa shape index (κ3) is 3.48. The molecular formula is C11H13BrFNO2. The summed E-state index contributed by atoms with van der Waals surface area (Å²) >= 11 is 3.32. The zero-order chi connectivity index (χ0) is 12.1. The minimum Gasteiger partial charge on any atom is -0.494 e. The molecule has 1 rings (SSSR count). The third-order valence-corrected chi connectivity index (χ3v) is 2.28. The molecule has 0 aliphatic carbocycles. The molecule has 0 saturated heterocycles. The van der Waals surface area contributed by atoms with Crippen LogP contribution >= 0.6 is 15.9 Å². The van der Waals surface area contributed by atoms with Crippen LogP contribution < -0.4 is 10.1 Å². The van der Waals surface area contributed by atoms with Crippen molar-refractivity contribution in [1.29, 1.82) is 0 Å². The number of benzene rings is 1. The molecule has 0 radical (unpaired) electrons. The predicted molar refractivity (Wildman–Crippen MR) is 63.7 cm³/mol. The van der Waals surface area contributed by atoms with E-state index in [2.05, 4.69) is 21.2 Å². The molecule has 16 heavy (non-hydrogen) atoms. The van der Waals surface area contributed by atoms with E-state index in [-0.39, 0.29) is 16.5 Å². The van der Waals surface area contributed by atoms with Crippen LogP contribution in [0.1, 0.15) is 17.3 Å². The number of halogens is 2. The number of nitrogens with one attached hydrogen (secondary N) is 1. The summed E-state index contributed by atoms with van der Waals surface area (Å²) < 4.78 is 17.9. The lowest BCUT2D eigenvalue weighted by Gasteiger charge is -2.08. The van der Waals surface area contributed by atoms with Gasteiger partial charge in [0.05, 0.1) is 7.11 Å². The van der Waals surface area contributed by atoms with Gasteiger partial charge in [0.2, 0.25) is 0 Å². The largest absolute Gasteiger partial charge is 0.494 e. The van der Waals surface area contributed by atoms with Crippen LogP contribution in [0.3, 0.4) is 0 Å². The molecule has 0 spiro atoms. The van der Waals surface area contributed by atoms with Gasteiger partial charge in [0.25, 0.3) is 5.91 Å². The van der Waals surface area contributed by atoms with Gasteiger partial charge in [0.15, 0.2) is 11.6 Å². The Labute approximate surface area is 102 Å². The normalized spacial score (nSPS) is 12.0. The van der Waals surface area contributed by atoms with Crippen molar-refractivity contribution >= 4 is 21.8 Å². The first-order valence-corrected chi connectivity index (χ1v) is 5.72. The van der Waals surface area contributed by atoms with E-state index in [1.165, 1.54) is 25.3 Å². The maximum Gasteiger partial charge on any atom is 0.251 e. The molecule has 1 N–H and O–H groups in total. The molecule has 0 fully saturated rings. The van der Waals surface area contributed by atoms with Gasteiger partial charge in [-0.2, -0.15) is 0 Å². The first kappa shape index (κ1) is 13.0. The highest BCUT2D eigenvalue weighted by Gasteiger charge is 2.10. The molecule has 0 aromatic heterocycles. The van der Waals surface area contributed by atoms with Gasteiger partial charge in [0, 0.05) is 16.9 Å². The molecule has 1 aromatic carbocycles. The summed E-state index contributed by atoms with van der Waals surface area (Å²) in [5.41, 5.74) is 0.381. The van der Waals surface area contributed by atoms with Gasteiger partial charge in [-0.05, 0) is 18.2 Å². The molecular weight excluding hydrogens is 277 g/mol. The lowest BCUT2D eigenvalue weighted by atomic mass is 10.2. The molecule has 1 unspecified atom stereocenters. The van der Waals surface area contributed by atoms with Crippen LogP contribution in [0, 0.1) is 5.82 Å². The summed E-state index contributed by atoms with van der Waals surface area (Å²) in [6, 6.07) is 4.01. The molecule has 1 amide bonds. The molecule has 0 saturated carbocycles. The quantitative estimate of drug-likeness (QED) is 0.864. The Kier molecular flexibility index (Phi) is 4.73. The Balaban J connectivity index is 2.76. The van der Waals surface area contributed by atoms with E-state index < -0.39 is 5.82 Å². The van der Waals surface area contributed by atoms with Crippen molar-refractivity contribution in [2.75, 3.05) is 13.7 Å². The first-order valence-electron chi connectivity index (χ1n) is 4.80. The highest BCUT2D eigenvalue weighted by molar-refractivity contribution is 9.09. The molecule has 5 heteroatoms. The second-order valence-corrected chi connectivity index (χ2v) is 4.90. The van der Waals surface area contributed by atoms with E-state index in [4.69, 9.17) is 4.74 Å². The molecule has 0 bridgehead atoms. The van der Waals surface area contributed by atoms with Gasteiger partial charge in [-0.25, -0.2) is 4.39 Å². The van der Waals surface area contributed by atoms with Crippen LogP contribution in [0.4, 0.5) is 4.39 Å². The number of carbonyl (C=O) groups excluding carboxylic acids is 1. The van der Waals surface area contributed by atoms with E-state index in [0.717, 1.165) is 0 Å². The monoisotopic (exact) mass is 289 g/mol. The molecule has 3 nitrogen and oxygen atoms in total. The van der Waals surface area contributed by atoms with Gasteiger partial charge in [-0.15, -0.1) is 0 Å². The Morgan fingerprint density at radius 3 is 2.88 bits per heavy atom. The average Bonchev–Trinajstić information content (AvgIpc) is 2.26. The zero-order valence-electron chi connectivity index (χ0n) is 9.09. The summed E-state index contributed by atoms with van der Waals surface area (Å²) in [7, 11) is 1.36. The number of hydrogen-bond acceptors (Lipinski definition) is 2. The SMILES string of the molecule is COc1cc(C(=O)NCC(C)Br)ccc1F. The van der Waals surface area contributed by atoms with E-state index in [0.29, 0.717) is 12.1 Å². The highest BCUT2D eigenvalue weighted by Crippen LogP contribution is 2.18. The third-order valence-electron chi connectivity index (χ3n) is 1.96. The smallest absolute Gasteiger partial charge is 0.251 e. The van der Waals surface area contributed by atoms with E-state index >= 15 is 0 Å². The van der Waals surface area contributed by atoms with Gasteiger partial charge in [-0.1, -0.05) is 22.9 Å². The number of hydrogen-bond donors (Lipinski definition) is 1. The van der Waals surface area contributed by atoms with Crippen LogP contribution in [0.25, 0.3) is 0 Å². The minimum absolute atomic E-state index is 0.0690. The Bertz CT molecular complexity index is 382. The van der Waals surface area contributed by atoms with Gasteiger partial charge in [-0.3, -0.25) is 4.79 Å². The van der Waals surface area contributed by atoms with Gasteiger partial charge >= 0.3 is 0 Å². The van der Waals surface area contributed by atoms with Crippen molar-refractivity contribution in [2.24, 2.45) is 0 Å². The van der Waals surface area contributed by atoms with Crippen molar-refractivity contribution in [3.8, 4) is 5.75 Å². The standard InChI is InChI=1S/C11H13BrFNO2/c1-7(12)6-14-11(15)8-3-4-9(13)10(5-8)16-2/h3-5,7H,6H2,1-2H3,(H,14,15). The van der Waals surface area contributed by atoms with Crippen LogP contribution in [-0.2, 0) is 0 Å². The fourth-order valence-corrected chi connectivity index (χ4v) is 1.30. The maximum atomic E-state index is 13.1. The zero-order valence-corrected chi connectivity index (χ0v) is 10.7. The average molecular weight is 290 g/mol. The topological polar surface area (TPSA) is 38.3 Å². The van der Waals surface area contributed by atoms with E-state index in [1.807, 2.05) is 6.92 Å². The molecule has 88 valence electrons. The van der Waals surface area contributed by atoms with E-state index in [9.17, 15) is 9.18 Å². The number of alkyl halides is 1. The van der Waals surface area contributed by atoms with Gasteiger partial charge in [0.1, 0.15) is 0 Å². The van der Waals surface area contributed by atoms with Gasteiger partial charge < -0.3 is 10.1 Å². The number of amides is 1. The summed E-state index contributed by atoms with van der Waals surface area (Å²) in [5, 5.41) is 2.71. The number of carbonyl (C=O) groups is 1. The lowest BCUT2D eigenvalue weighted by molar-refractivity contribution is 0.0954. The summed E-state index contributed by atoms with van der Waals surface area (Å²) in [5.74, 6) is -0.656. The molecule has 1 aromatic rings. The molecule has 0 aliphatic rings. The van der Waals surface area contributed by atoms with Crippen molar-refractivity contribution in [3.05, 3.63) is 29.6 Å². The van der Waals surface area contributed by atoms with Crippen LogP contribution in [0.15, 0.2) is 18.2 Å². The maximum absolute atomic E-state index is 13.1. The Hall–Kier alpha value is -1.10. The number of rotatable bonds is 4. The van der Waals surface area contributed by atoms with Crippen molar-refractivity contribution in [3.63, 3.8) is 0 Å². The number of ether oxygens (including phenoxy) is 1.